The van der Waals surface area contributed by atoms with Crippen molar-refractivity contribution in [3.8, 4) is 11.8 Å². The standard InChI is InChI=1S/C14H8.2Y/c1-3-7-13(8-4-1)11-12-14-9-5-2-6-10-14;;/h1-4,7-10H;;/q-2;;. The van der Waals surface area contributed by atoms with Gasteiger partial charge in [0.1, 0.15) is 0 Å². The zero-order valence-corrected chi connectivity index (χ0v) is 14.5. The second-order valence-corrected chi connectivity index (χ2v) is 2.84. The van der Waals surface area contributed by atoms with Crippen molar-refractivity contribution in [3.05, 3.63) is 71.8 Å². The predicted molar refractivity (Wildman–Crippen MR) is 56.5 cm³/mol. The van der Waals surface area contributed by atoms with Gasteiger partial charge in [0.15, 0.2) is 0 Å². The Morgan fingerprint density at radius 2 is 1.31 bits per heavy atom. The number of hydrogen-bond donors (Lipinski definition) is 0. The van der Waals surface area contributed by atoms with Crippen LogP contribution in [-0.2, 0) is 65.4 Å². The summed E-state index contributed by atoms with van der Waals surface area (Å²) in [6.07, 6.45) is 0. The number of benzene rings is 2. The van der Waals surface area contributed by atoms with Crippen molar-refractivity contribution in [3.63, 3.8) is 0 Å². The van der Waals surface area contributed by atoms with Gasteiger partial charge in [-0.3, -0.25) is 12.1 Å². The van der Waals surface area contributed by atoms with E-state index in [1.165, 1.54) is 0 Å². The summed E-state index contributed by atoms with van der Waals surface area (Å²) in [7, 11) is 0. The van der Waals surface area contributed by atoms with Crippen LogP contribution in [0.4, 0.5) is 0 Å². The van der Waals surface area contributed by atoms with E-state index in [0.29, 0.717) is 0 Å². The van der Waals surface area contributed by atoms with E-state index in [-0.39, 0.29) is 65.4 Å². The molecule has 0 aliphatic carbocycles. The van der Waals surface area contributed by atoms with Crippen LogP contribution in [0.3, 0.4) is 0 Å². The summed E-state index contributed by atoms with van der Waals surface area (Å²) in [4.78, 5) is 0. The summed E-state index contributed by atoms with van der Waals surface area (Å²) in [5, 5.41) is 0. The van der Waals surface area contributed by atoms with Crippen molar-refractivity contribution in [2.75, 3.05) is 0 Å². The van der Waals surface area contributed by atoms with Crippen LogP contribution < -0.4 is 0 Å². The normalized spacial score (nSPS) is 7.75. The van der Waals surface area contributed by atoms with Gasteiger partial charge in [-0.1, -0.05) is 24.1 Å². The van der Waals surface area contributed by atoms with Crippen LogP contribution in [0, 0.1) is 24.0 Å². The Kier molecular flexibility index (Phi) is 9.38. The third kappa shape index (κ3) is 5.51. The van der Waals surface area contributed by atoms with E-state index in [0.717, 1.165) is 11.1 Å². The van der Waals surface area contributed by atoms with Crippen LogP contribution >= 0.6 is 0 Å². The van der Waals surface area contributed by atoms with Crippen LogP contribution in [0.1, 0.15) is 11.1 Å². The first kappa shape index (κ1) is 16.2. The summed E-state index contributed by atoms with van der Waals surface area (Å²) in [5.74, 6) is 6.12. The molecule has 16 heavy (non-hydrogen) atoms. The second kappa shape index (κ2) is 9.26. The van der Waals surface area contributed by atoms with E-state index in [1.807, 2.05) is 42.5 Å². The first-order valence-corrected chi connectivity index (χ1v) is 4.39. The van der Waals surface area contributed by atoms with Gasteiger partial charge in [-0.15, -0.1) is 0 Å². The molecular formula is C14H8Y2-2. The summed E-state index contributed by atoms with van der Waals surface area (Å²) in [6.45, 7) is 0. The van der Waals surface area contributed by atoms with Crippen LogP contribution in [0.25, 0.3) is 0 Å². The summed E-state index contributed by atoms with van der Waals surface area (Å²) < 4.78 is 0. The van der Waals surface area contributed by atoms with Gasteiger partial charge in [-0.05, 0) is 12.1 Å². The van der Waals surface area contributed by atoms with Crippen molar-refractivity contribution in [1.29, 1.82) is 0 Å². The maximum absolute atomic E-state index is 3.07. The summed E-state index contributed by atoms with van der Waals surface area (Å²) in [5.41, 5.74) is 1.97. The van der Waals surface area contributed by atoms with E-state index in [4.69, 9.17) is 0 Å². The number of hydrogen-bond acceptors (Lipinski definition) is 0. The molecule has 2 heteroatoms. The average molecular weight is 354 g/mol. The van der Waals surface area contributed by atoms with E-state index < -0.39 is 0 Å². The molecule has 0 nitrogen and oxygen atoms in total. The van der Waals surface area contributed by atoms with Gasteiger partial charge in [0.05, 0.1) is 0 Å². The Hall–Kier alpha value is 0.208. The SMILES string of the molecule is C(#Cc1ccccc1)c1c[c-]c[c-]c1.[Y].[Y]. The molecule has 0 atom stereocenters. The zero-order chi connectivity index (χ0) is 9.64. The summed E-state index contributed by atoms with van der Waals surface area (Å²) in [6, 6.07) is 21.2. The molecule has 0 amide bonds. The quantitative estimate of drug-likeness (QED) is 0.504. The zero-order valence-electron chi connectivity index (χ0n) is 8.77. The van der Waals surface area contributed by atoms with Gasteiger partial charge in [-0.25, -0.2) is 5.56 Å². The van der Waals surface area contributed by atoms with Crippen LogP contribution in [0.2, 0.25) is 0 Å². The second-order valence-electron chi connectivity index (χ2n) is 2.84. The van der Waals surface area contributed by atoms with Crippen molar-refractivity contribution >= 4 is 0 Å². The van der Waals surface area contributed by atoms with Crippen molar-refractivity contribution < 1.29 is 65.4 Å². The molecule has 0 aliphatic heterocycles. The maximum atomic E-state index is 3.07. The summed E-state index contributed by atoms with van der Waals surface area (Å²) >= 11 is 0. The molecule has 2 aromatic carbocycles. The third-order valence-corrected chi connectivity index (χ3v) is 1.77. The van der Waals surface area contributed by atoms with Crippen LogP contribution in [0.15, 0.2) is 48.5 Å². The van der Waals surface area contributed by atoms with Gasteiger partial charge in [-0.2, -0.15) is 5.92 Å². The van der Waals surface area contributed by atoms with Gasteiger partial charge in [0, 0.05) is 71.0 Å². The molecule has 0 N–H and O–H groups in total. The molecule has 0 bridgehead atoms. The molecule has 0 fully saturated rings. The van der Waals surface area contributed by atoms with E-state index in [9.17, 15) is 0 Å². The smallest absolute Gasteiger partial charge is 0.0227 e. The van der Waals surface area contributed by atoms with E-state index in [1.54, 1.807) is 6.07 Å². The molecule has 0 saturated carbocycles. The largest absolute Gasteiger partial charge is 0.358 e. The maximum Gasteiger partial charge on any atom is 0.0227 e. The Morgan fingerprint density at radius 1 is 0.750 bits per heavy atom. The Balaban J connectivity index is 0.00000112. The van der Waals surface area contributed by atoms with Crippen molar-refractivity contribution in [2.45, 2.75) is 0 Å². The topological polar surface area (TPSA) is 0 Å². The average Bonchev–Trinajstić information content (AvgIpc) is 2.29. The Bertz CT molecular complexity index is 409. The fourth-order valence-corrected chi connectivity index (χ4v) is 1.09. The van der Waals surface area contributed by atoms with E-state index >= 15 is 0 Å². The molecule has 0 spiro atoms. The molecule has 2 rings (SSSR count). The van der Waals surface area contributed by atoms with Gasteiger partial charge in [0.2, 0.25) is 0 Å². The molecule has 0 aliphatic rings. The van der Waals surface area contributed by atoms with E-state index in [2.05, 4.69) is 24.0 Å². The number of rotatable bonds is 0. The van der Waals surface area contributed by atoms with Crippen molar-refractivity contribution in [2.24, 2.45) is 0 Å². The molecule has 0 heterocycles. The molecule has 2 radical (unpaired) electrons. The molecule has 0 aromatic heterocycles. The fraction of sp³-hybridized carbons (Fsp3) is 0. The van der Waals surface area contributed by atoms with Gasteiger partial charge in [0.25, 0.3) is 0 Å². The van der Waals surface area contributed by atoms with Gasteiger partial charge < -0.3 is 18.2 Å². The first-order chi connectivity index (χ1) is 6.95. The Morgan fingerprint density at radius 3 is 1.94 bits per heavy atom. The van der Waals surface area contributed by atoms with Crippen molar-refractivity contribution in [1.82, 2.24) is 0 Å². The van der Waals surface area contributed by atoms with Crippen LogP contribution in [0.5, 0.6) is 0 Å². The molecule has 0 saturated heterocycles. The minimum absolute atomic E-state index is 0. The molecule has 72 valence electrons. The monoisotopic (exact) mass is 354 g/mol. The Labute approximate surface area is 147 Å². The molecular weight excluding hydrogens is 346 g/mol. The molecule has 2 aromatic rings. The van der Waals surface area contributed by atoms with Gasteiger partial charge >= 0.3 is 0 Å². The predicted octanol–water partition coefficient (Wildman–Crippen LogP) is 2.68. The minimum atomic E-state index is 0. The fourth-order valence-electron chi connectivity index (χ4n) is 1.09. The molecule has 0 unspecified atom stereocenters. The first-order valence-electron chi connectivity index (χ1n) is 4.39. The minimum Gasteiger partial charge on any atom is -0.358 e. The van der Waals surface area contributed by atoms with Crippen LogP contribution in [-0.4, -0.2) is 0 Å². The third-order valence-electron chi connectivity index (χ3n) is 1.77.